The molecule has 0 aromatic carbocycles. The van der Waals surface area contributed by atoms with Gasteiger partial charge in [-0.1, -0.05) is 0 Å². The minimum atomic E-state index is -3.98. The van der Waals surface area contributed by atoms with Crippen molar-refractivity contribution in [3.63, 3.8) is 0 Å². The Labute approximate surface area is 103 Å². The molecule has 1 unspecified atom stereocenters. The van der Waals surface area contributed by atoms with Crippen LogP contribution >= 0.6 is 0 Å². The maximum Gasteiger partial charge on any atom is 0.324 e. The predicted octanol–water partition coefficient (Wildman–Crippen LogP) is 2.99. The molecular weight excluding hydrogens is 248 g/mol. The number of aryl methyl sites for hydroxylation is 1. The number of nitrogens with one attached hydrogen (secondary N) is 1. The molecule has 0 radical (unpaired) electrons. The van der Waals surface area contributed by atoms with Crippen LogP contribution in [0.3, 0.4) is 0 Å². The largest absolute Gasteiger partial charge is 0.347 e. The fraction of sp³-hybridized carbons (Fsp3) is 0.667. The van der Waals surface area contributed by atoms with Gasteiger partial charge in [-0.25, -0.2) is 8.78 Å². The zero-order valence-corrected chi connectivity index (χ0v) is 10.1. The molecule has 2 rings (SSSR count). The molecule has 6 heteroatoms. The van der Waals surface area contributed by atoms with Gasteiger partial charge in [-0.2, -0.15) is 8.78 Å². The molecule has 0 aliphatic heterocycles. The van der Waals surface area contributed by atoms with Crippen molar-refractivity contribution < 1.29 is 17.6 Å². The Morgan fingerprint density at radius 1 is 1.44 bits per heavy atom. The second-order valence-electron chi connectivity index (χ2n) is 4.71. The third-order valence-electron chi connectivity index (χ3n) is 3.37. The Morgan fingerprint density at radius 3 is 2.78 bits per heavy atom. The van der Waals surface area contributed by atoms with E-state index in [9.17, 15) is 17.6 Å². The Kier molecular flexibility index (Phi) is 3.66. The molecule has 2 nitrogen and oxygen atoms in total. The molecule has 0 bridgehead atoms. The van der Waals surface area contributed by atoms with Gasteiger partial charge < -0.3 is 9.88 Å². The Balaban J connectivity index is 2.19. The summed E-state index contributed by atoms with van der Waals surface area (Å²) in [7, 11) is 1.81. The van der Waals surface area contributed by atoms with Crippen LogP contribution in [0.25, 0.3) is 0 Å². The SMILES string of the molecule is CNC1CCCc2cn(CC(F)(F)C(F)F)cc21. The monoisotopic (exact) mass is 264 g/mol. The lowest BCUT2D eigenvalue weighted by atomic mass is 9.91. The van der Waals surface area contributed by atoms with E-state index >= 15 is 0 Å². The number of hydrogen-bond acceptors (Lipinski definition) is 1. The minimum absolute atomic E-state index is 0.134. The molecule has 0 saturated carbocycles. The zero-order chi connectivity index (χ0) is 13.3. The van der Waals surface area contributed by atoms with Gasteiger partial charge in [0.15, 0.2) is 0 Å². The van der Waals surface area contributed by atoms with E-state index in [1.54, 1.807) is 12.4 Å². The number of nitrogens with zero attached hydrogens (tertiary/aromatic N) is 1. The number of rotatable bonds is 4. The molecule has 1 N–H and O–H groups in total. The Morgan fingerprint density at radius 2 is 2.17 bits per heavy atom. The molecule has 0 amide bonds. The summed E-state index contributed by atoms with van der Waals surface area (Å²) in [5.41, 5.74) is 1.93. The quantitative estimate of drug-likeness (QED) is 0.827. The van der Waals surface area contributed by atoms with Gasteiger partial charge in [0.1, 0.15) is 0 Å². The van der Waals surface area contributed by atoms with Crippen LogP contribution in [-0.2, 0) is 13.0 Å². The Bertz CT molecular complexity index is 414. The van der Waals surface area contributed by atoms with Gasteiger partial charge in [0.25, 0.3) is 0 Å². The van der Waals surface area contributed by atoms with Gasteiger partial charge in [-0.15, -0.1) is 0 Å². The summed E-state index contributed by atoms with van der Waals surface area (Å²) in [5.74, 6) is -3.98. The number of aromatic nitrogens is 1. The molecule has 0 saturated heterocycles. The number of halogens is 4. The van der Waals surface area contributed by atoms with Gasteiger partial charge in [-0.05, 0) is 37.4 Å². The first-order valence-corrected chi connectivity index (χ1v) is 5.96. The van der Waals surface area contributed by atoms with Crippen molar-refractivity contribution >= 4 is 0 Å². The van der Waals surface area contributed by atoms with E-state index in [0.29, 0.717) is 0 Å². The molecule has 1 aromatic heterocycles. The molecule has 0 spiro atoms. The molecule has 1 aliphatic rings. The summed E-state index contributed by atoms with van der Waals surface area (Å²) in [4.78, 5) is 0. The molecular formula is C12H16F4N2. The second-order valence-corrected chi connectivity index (χ2v) is 4.71. The van der Waals surface area contributed by atoms with Crippen LogP contribution in [0.1, 0.15) is 30.0 Å². The van der Waals surface area contributed by atoms with Gasteiger partial charge in [0.05, 0.1) is 6.54 Å². The topological polar surface area (TPSA) is 17.0 Å². The van der Waals surface area contributed by atoms with E-state index in [4.69, 9.17) is 0 Å². The molecule has 1 aliphatic carbocycles. The average Bonchev–Trinajstić information content (AvgIpc) is 2.69. The van der Waals surface area contributed by atoms with E-state index in [2.05, 4.69) is 5.32 Å². The van der Waals surface area contributed by atoms with Crippen LogP contribution < -0.4 is 5.32 Å². The fourth-order valence-corrected chi connectivity index (χ4v) is 2.45. The molecule has 1 atom stereocenters. The zero-order valence-electron chi connectivity index (χ0n) is 10.1. The lowest BCUT2D eigenvalue weighted by Crippen LogP contribution is -2.31. The van der Waals surface area contributed by atoms with Gasteiger partial charge in [0, 0.05) is 18.4 Å². The highest BCUT2D eigenvalue weighted by molar-refractivity contribution is 5.30. The van der Waals surface area contributed by atoms with Crippen LogP contribution in [0.5, 0.6) is 0 Å². The normalized spacial score (nSPS) is 20.2. The molecule has 1 aromatic rings. The first-order chi connectivity index (χ1) is 8.44. The maximum atomic E-state index is 13.0. The summed E-state index contributed by atoms with van der Waals surface area (Å²) in [6, 6.07) is 0.134. The lowest BCUT2D eigenvalue weighted by Gasteiger charge is -2.21. The summed E-state index contributed by atoms with van der Waals surface area (Å²) < 4.78 is 51.5. The maximum absolute atomic E-state index is 13.0. The standard InChI is InChI=1S/C12H16F4N2/c1-17-10-4-2-3-8-5-18(6-9(8)10)7-12(15,16)11(13)14/h5-6,10-11,17H,2-4,7H2,1H3. The molecule has 18 heavy (non-hydrogen) atoms. The molecule has 102 valence electrons. The van der Waals surface area contributed by atoms with E-state index in [-0.39, 0.29) is 6.04 Å². The van der Waals surface area contributed by atoms with Crippen molar-refractivity contribution in [2.45, 2.75) is 44.2 Å². The van der Waals surface area contributed by atoms with Gasteiger partial charge in [-0.3, -0.25) is 0 Å². The highest BCUT2D eigenvalue weighted by Gasteiger charge is 2.41. The molecule has 1 heterocycles. The van der Waals surface area contributed by atoms with E-state index in [1.165, 1.54) is 4.57 Å². The van der Waals surface area contributed by atoms with Crippen molar-refractivity contribution in [3.05, 3.63) is 23.5 Å². The Hall–Kier alpha value is -1.04. The lowest BCUT2D eigenvalue weighted by molar-refractivity contribution is -0.137. The van der Waals surface area contributed by atoms with Crippen molar-refractivity contribution in [2.75, 3.05) is 7.05 Å². The highest BCUT2D eigenvalue weighted by Crippen LogP contribution is 2.32. The average molecular weight is 264 g/mol. The van der Waals surface area contributed by atoms with Crippen molar-refractivity contribution in [1.29, 1.82) is 0 Å². The van der Waals surface area contributed by atoms with Crippen LogP contribution in [0.4, 0.5) is 17.6 Å². The number of hydrogen-bond donors (Lipinski definition) is 1. The van der Waals surface area contributed by atoms with Crippen LogP contribution in [0, 0.1) is 0 Å². The predicted molar refractivity (Wildman–Crippen MR) is 60.1 cm³/mol. The fourth-order valence-electron chi connectivity index (χ4n) is 2.45. The van der Waals surface area contributed by atoms with Crippen LogP contribution in [0.15, 0.2) is 12.4 Å². The van der Waals surface area contributed by atoms with Crippen molar-refractivity contribution in [3.8, 4) is 0 Å². The van der Waals surface area contributed by atoms with Gasteiger partial charge >= 0.3 is 12.3 Å². The third kappa shape index (κ3) is 2.53. The highest BCUT2D eigenvalue weighted by atomic mass is 19.3. The first kappa shape index (κ1) is 13.4. The second kappa shape index (κ2) is 4.91. The van der Waals surface area contributed by atoms with Crippen molar-refractivity contribution in [1.82, 2.24) is 9.88 Å². The number of alkyl halides is 4. The summed E-state index contributed by atoms with van der Waals surface area (Å²) in [5, 5.41) is 3.11. The first-order valence-electron chi connectivity index (χ1n) is 5.96. The third-order valence-corrected chi connectivity index (χ3v) is 3.37. The van der Waals surface area contributed by atoms with Gasteiger partial charge in [0.2, 0.25) is 0 Å². The van der Waals surface area contributed by atoms with Crippen molar-refractivity contribution in [2.24, 2.45) is 0 Å². The van der Waals surface area contributed by atoms with E-state index < -0.39 is 18.9 Å². The molecule has 0 fully saturated rings. The summed E-state index contributed by atoms with van der Waals surface area (Å²) >= 11 is 0. The summed E-state index contributed by atoms with van der Waals surface area (Å²) in [6.45, 7) is -0.964. The van der Waals surface area contributed by atoms with E-state index in [0.717, 1.165) is 30.4 Å². The smallest absolute Gasteiger partial charge is 0.324 e. The minimum Gasteiger partial charge on any atom is -0.347 e. The summed E-state index contributed by atoms with van der Waals surface area (Å²) in [6.07, 6.45) is 2.24. The van der Waals surface area contributed by atoms with E-state index in [1.807, 2.05) is 7.05 Å². The van der Waals surface area contributed by atoms with Crippen LogP contribution in [0.2, 0.25) is 0 Å². The number of fused-ring (bicyclic) bond motifs is 1. The van der Waals surface area contributed by atoms with Crippen LogP contribution in [-0.4, -0.2) is 24.0 Å².